The molecule has 0 aromatic heterocycles. The van der Waals surface area contributed by atoms with Crippen molar-refractivity contribution in [2.75, 3.05) is 12.4 Å². The van der Waals surface area contributed by atoms with Crippen LogP contribution in [0.2, 0.25) is 25.7 Å². The van der Waals surface area contributed by atoms with Gasteiger partial charge in [0.15, 0.2) is 0 Å². The Balaban J connectivity index is 3.80. The molecule has 0 amide bonds. The van der Waals surface area contributed by atoms with Gasteiger partial charge in [-0.15, -0.1) is 11.8 Å². The number of unbranched alkanes of at least 4 members (excludes halogenated alkanes) is 2. The minimum absolute atomic E-state index is 0.241. The molecule has 0 aliphatic rings. The van der Waals surface area contributed by atoms with Crippen molar-refractivity contribution in [3.63, 3.8) is 0 Å². The van der Waals surface area contributed by atoms with Crippen LogP contribution in [0.1, 0.15) is 26.2 Å². The molecule has 0 spiro atoms. The van der Waals surface area contributed by atoms with Crippen molar-refractivity contribution in [2.45, 2.75) is 51.9 Å². The average Bonchev–Trinajstić information content (AvgIpc) is 2.14. The first kappa shape index (κ1) is 15.3. The third kappa shape index (κ3) is 10.5. The minimum Gasteiger partial charge on any atom is -0.392 e. The van der Waals surface area contributed by atoms with Crippen LogP contribution in [0.4, 0.5) is 0 Å². The second-order valence-electron chi connectivity index (χ2n) is 5.25. The van der Waals surface area contributed by atoms with Crippen molar-refractivity contribution < 1.29 is 5.11 Å². The van der Waals surface area contributed by atoms with E-state index in [0.717, 1.165) is 6.04 Å². The Kier molecular flexibility index (Phi) is 8.57. The summed E-state index contributed by atoms with van der Waals surface area (Å²) in [4.78, 5) is 0. The predicted molar refractivity (Wildman–Crippen MR) is 75.3 cm³/mol. The van der Waals surface area contributed by atoms with Gasteiger partial charge in [-0.1, -0.05) is 39.4 Å². The Bertz CT molecular complexity index is 185. The van der Waals surface area contributed by atoms with Gasteiger partial charge in [0, 0.05) is 8.07 Å². The van der Waals surface area contributed by atoms with Crippen molar-refractivity contribution in [3.8, 4) is 0 Å². The first-order valence-electron chi connectivity index (χ1n) is 5.90. The van der Waals surface area contributed by atoms with E-state index in [1.165, 1.54) is 30.6 Å². The van der Waals surface area contributed by atoms with Gasteiger partial charge in [0.2, 0.25) is 0 Å². The summed E-state index contributed by atoms with van der Waals surface area (Å²) in [6.45, 7) is 9.50. The zero-order valence-electron chi connectivity index (χ0n) is 10.7. The number of hydrogen-bond donors (Lipinski definition) is 1. The van der Waals surface area contributed by atoms with Crippen molar-refractivity contribution >= 4 is 19.8 Å². The topological polar surface area (TPSA) is 20.2 Å². The summed E-state index contributed by atoms with van der Waals surface area (Å²) in [6.07, 6.45) is 3.90. The van der Waals surface area contributed by atoms with Gasteiger partial charge in [-0.05, 0) is 29.2 Å². The summed E-state index contributed by atoms with van der Waals surface area (Å²) in [5.41, 5.74) is 1.23. The number of aliphatic hydroxyl groups excluding tert-OH is 1. The van der Waals surface area contributed by atoms with Gasteiger partial charge in [0.1, 0.15) is 0 Å². The van der Waals surface area contributed by atoms with Crippen LogP contribution in [0.3, 0.4) is 0 Å². The van der Waals surface area contributed by atoms with Gasteiger partial charge in [0.05, 0.1) is 6.61 Å². The maximum Gasteiger partial charge on any atom is 0.0646 e. The third-order valence-corrected chi connectivity index (χ3v) is 4.62. The van der Waals surface area contributed by atoms with E-state index in [2.05, 4.69) is 32.0 Å². The zero-order chi connectivity index (χ0) is 11.7. The molecule has 0 aliphatic carbocycles. The first-order chi connectivity index (χ1) is 6.99. The largest absolute Gasteiger partial charge is 0.392 e. The van der Waals surface area contributed by atoms with Crippen molar-refractivity contribution in [3.05, 3.63) is 11.0 Å². The fourth-order valence-corrected chi connectivity index (χ4v) is 4.03. The Morgan fingerprint density at radius 2 is 1.93 bits per heavy atom. The van der Waals surface area contributed by atoms with E-state index < -0.39 is 8.07 Å². The van der Waals surface area contributed by atoms with E-state index in [9.17, 15) is 5.11 Å². The standard InChI is InChI=1S/C12H26OSSi/c1-5-6-7-8-14-10-12(9-13)11-15(2,3)4/h10,13H,5-9,11H2,1-4H3. The monoisotopic (exact) mass is 246 g/mol. The Morgan fingerprint density at radius 3 is 2.40 bits per heavy atom. The molecule has 0 saturated carbocycles. The van der Waals surface area contributed by atoms with E-state index in [4.69, 9.17) is 0 Å². The lowest BCUT2D eigenvalue weighted by Gasteiger charge is -2.16. The summed E-state index contributed by atoms with van der Waals surface area (Å²) in [5, 5.41) is 11.4. The molecular weight excluding hydrogens is 220 g/mol. The molecule has 0 aromatic carbocycles. The van der Waals surface area contributed by atoms with Crippen molar-refractivity contribution in [1.29, 1.82) is 0 Å². The molecule has 0 atom stereocenters. The summed E-state index contributed by atoms with van der Waals surface area (Å²) in [7, 11) is -1.06. The van der Waals surface area contributed by atoms with Crippen LogP contribution in [0.15, 0.2) is 11.0 Å². The number of aliphatic hydroxyl groups is 1. The predicted octanol–water partition coefficient (Wildman–Crippen LogP) is 4.12. The van der Waals surface area contributed by atoms with Crippen LogP contribution in [0.5, 0.6) is 0 Å². The van der Waals surface area contributed by atoms with Crippen LogP contribution >= 0.6 is 11.8 Å². The van der Waals surface area contributed by atoms with E-state index in [1.54, 1.807) is 0 Å². The van der Waals surface area contributed by atoms with Crippen LogP contribution < -0.4 is 0 Å². The van der Waals surface area contributed by atoms with Crippen LogP contribution in [-0.2, 0) is 0 Å². The van der Waals surface area contributed by atoms with E-state index >= 15 is 0 Å². The van der Waals surface area contributed by atoms with Gasteiger partial charge in [-0.2, -0.15) is 0 Å². The lowest BCUT2D eigenvalue weighted by molar-refractivity contribution is 0.331. The third-order valence-electron chi connectivity index (χ3n) is 2.08. The van der Waals surface area contributed by atoms with Crippen LogP contribution in [0, 0.1) is 0 Å². The van der Waals surface area contributed by atoms with E-state index in [0.29, 0.717) is 0 Å². The van der Waals surface area contributed by atoms with Crippen LogP contribution in [-0.4, -0.2) is 25.5 Å². The molecule has 3 heteroatoms. The second kappa shape index (κ2) is 8.42. The molecule has 90 valence electrons. The Morgan fingerprint density at radius 1 is 1.27 bits per heavy atom. The number of thioether (sulfide) groups is 1. The summed E-state index contributed by atoms with van der Waals surface area (Å²) >= 11 is 1.87. The average molecular weight is 246 g/mol. The Labute approximate surface area is 100 Å². The highest BCUT2D eigenvalue weighted by Crippen LogP contribution is 2.19. The molecule has 0 aliphatic heterocycles. The lowest BCUT2D eigenvalue weighted by Crippen LogP contribution is -2.20. The molecule has 1 nitrogen and oxygen atoms in total. The molecule has 0 bridgehead atoms. The highest BCUT2D eigenvalue weighted by molar-refractivity contribution is 8.02. The molecule has 0 aromatic rings. The van der Waals surface area contributed by atoms with Crippen molar-refractivity contribution in [2.24, 2.45) is 0 Å². The molecule has 0 fully saturated rings. The number of hydrogen-bond acceptors (Lipinski definition) is 2. The molecule has 0 saturated heterocycles. The smallest absolute Gasteiger partial charge is 0.0646 e. The van der Waals surface area contributed by atoms with Gasteiger partial charge >= 0.3 is 0 Å². The summed E-state index contributed by atoms with van der Waals surface area (Å²) in [5.74, 6) is 1.20. The van der Waals surface area contributed by atoms with Gasteiger partial charge in [-0.3, -0.25) is 0 Å². The zero-order valence-corrected chi connectivity index (χ0v) is 12.5. The molecule has 0 radical (unpaired) electrons. The maximum absolute atomic E-state index is 9.23. The van der Waals surface area contributed by atoms with Crippen LogP contribution in [0.25, 0.3) is 0 Å². The quantitative estimate of drug-likeness (QED) is 0.513. The minimum atomic E-state index is -1.06. The highest BCUT2D eigenvalue weighted by atomic mass is 32.2. The molecule has 0 heterocycles. The van der Waals surface area contributed by atoms with E-state index in [1.807, 2.05) is 11.8 Å². The molecule has 0 unspecified atom stereocenters. The maximum atomic E-state index is 9.23. The summed E-state index contributed by atoms with van der Waals surface area (Å²) < 4.78 is 0. The summed E-state index contributed by atoms with van der Waals surface area (Å²) in [6, 6.07) is 1.13. The molecular formula is C12H26OSSi. The SMILES string of the molecule is CCCCCSC=C(CO)C[Si](C)(C)C. The highest BCUT2D eigenvalue weighted by Gasteiger charge is 2.14. The lowest BCUT2D eigenvalue weighted by atomic mass is 10.3. The molecule has 15 heavy (non-hydrogen) atoms. The van der Waals surface area contributed by atoms with Gasteiger partial charge < -0.3 is 5.11 Å². The molecule has 1 N–H and O–H groups in total. The van der Waals surface area contributed by atoms with Gasteiger partial charge in [0.25, 0.3) is 0 Å². The molecule has 0 rings (SSSR count). The fourth-order valence-electron chi connectivity index (χ4n) is 1.43. The van der Waals surface area contributed by atoms with Gasteiger partial charge in [-0.25, -0.2) is 0 Å². The Hall–Kier alpha value is 0.267. The number of rotatable bonds is 8. The fraction of sp³-hybridized carbons (Fsp3) is 0.833. The first-order valence-corrected chi connectivity index (χ1v) is 10.7. The second-order valence-corrected chi connectivity index (χ2v) is 11.7. The van der Waals surface area contributed by atoms with E-state index in [-0.39, 0.29) is 6.61 Å². The normalized spacial score (nSPS) is 13.3. The van der Waals surface area contributed by atoms with Crippen molar-refractivity contribution in [1.82, 2.24) is 0 Å².